The maximum absolute atomic E-state index is 14.1. The fourth-order valence-corrected chi connectivity index (χ4v) is 22.4. The van der Waals surface area contributed by atoms with Gasteiger partial charge in [-0.15, -0.1) is 36.7 Å². The van der Waals surface area contributed by atoms with E-state index in [2.05, 4.69) is 50.2 Å². The molecule has 7 aromatic rings. The summed E-state index contributed by atoms with van der Waals surface area (Å²) in [6.45, 7) is 18.3. The van der Waals surface area contributed by atoms with Crippen LogP contribution in [0.15, 0.2) is 101 Å². The second-order valence-corrected chi connectivity index (χ2v) is 33.0. The van der Waals surface area contributed by atoms with Crippen LogP contribution in [0.25, 0.3) is 11.0 Å². The molecule has 13 heterocycles. The highest BCUT2D eigenvalue weighted by Crippen LogP contribution is 2.67. The highest BCUT2D eigenvalue weighted by molar-refractivity contribution is 7.99. The predicted octanol–water partition coefficient (Wildman–Crippen LogP) is 8.66. The third-order valence-corrected chi connectivity index (χ3v) is 26.9. The molecule has 31 nitrogen and oxygen atoms in total. The number of hydrogen-bond donors (Lipinski definition) is 5. The minimum Gasteiger partial charge on any atom is -0.504 e. The highest BCUT2D eigenvalue weighted by atomic mass is 32.2. The van der Waals surface area contributed by atoms with Crippen LogP contribution in [-0.2, 0) is 57.5 Å². The molecule has 15 atom stereocenters. The number of methoxy groups -OCH3 is 2. The third-order valence-electron chi connectivity index (χ3n) is 24.1. The number of carboxylic acid groups (broad SMARTS) is 1. The summed E-state index contributed by atoms with van der Waals surface area (Å²) in [5.41, 5.74) is 14.6. The first-order valence-corrected chi connectivity index (χ1v) is 40.7. The lowest BCUT2D eigenvalue weighted by atomic mass is 9.71. The summed E-state index contributed by atoms with van der Waals surface area (Å²) in [5.74, 6) is -2.50. The van der Waals surface area contributed by atoms with Crippen molar-refractivity contribution < 1.29 is 105 Å². The van der Waals surface area contributed by atoms with Crippen LogP contribution in [0, 0.1) is 56.3 Å². The van der Waals surface area contributed by atoms with Crippen LogP contribution in [0.5, 0.6) is 63.2 Å². The summed E-state index contributed by atoms with van der Waals surface area (Å²) in [5, 5.41) is 56.9. The number of phenolic OH excluding ortho intramolecular Hbond substituents is 2. The SMILES string of the molecule is C=CCN1C2c3c(cc(C)c(OC)c3O)CC1[C@H](C#N)N1C2[C@@H]2SCC(N)C(=O)OC[C@H]1c1c3c(c(C)c(OC(C)=O)c12)OCO3.C=CCN1[C@@H]2c3c(cc(C)c(OC)c3O)C[C@H]1[C@H](C#N)N1C2[C@@H]2SC[C@H](NC(=O)c3cc4ccccc4oc3=O)C(=O)OC[C@H]1c1c3c(c(C)c(OC(C)=O)c12)OCO3.O=C(O)C1Cc2ccccc2OC1=O. The zero-order valence-electron chi connectivity index (χ0n) is 65.9. The maximum atomic E-state index is 14.1. The first-order chi connectivity index (χ1) is 57.3. The topological polar surface area (TPSA) is 411 Å². The number of phenols is 2. The monoisotopic (exact) mass is 1660 g/mol. The molecule has 618 valence electrons. The Kier molecular flexibility index (Phi) is 21.9. The van der Waals surface area contributed by atoms with Crippen molar-refractivity contribution in [1.82, 2.24) is 24.9 Å². The number of carboxylic acids is 1. The first kappa shape index (κ1) is 80.9. The van der Waals surface area contributed by atoms with Gasteiger partial charge in [-0.1, -0.05) is 60.7 Å². The normalized spacial score (nSPS) is 26.3. The molecule has 33 heteroatoms. The Balaban J connectivity index is 0.000000155. The van der Waals surface area contributed by atoms with Crippen LogP contribution in [-0.4, -0.2) is 191 Å². The molecule has 0 radical (unpaired) electrons. The number of benzene rings is 6. The predicted molar refractivity (Wildman–Crippen MR) is 427 cm³/mol. The summed E-state index contributed by atoms with van der Waals surface area (Å²) in [4.78, 5) is 110. The number of nitrogens with two attached hydrogens (primary N) is 1. The van der Waals surface area contributed by atoms with Crippen LogP contribution < -0.4 is 59.3 Å². The van der Waals surface area contributed by atoms with E-state index in [0.29, 0.717) is 127 Å². The molecule has 0 spiro atoms. The van der Waals surface area contributed by atoms with E-state index in [-0.39, 0.29) is 73.6 Å². The number of nitrogens with one attached hydrogen (secondary N) is 1. The van der Waals surface area contributed by atoms with Crippen molar-refractivity contribution in [3.63, 3.8) is 0 Å². The van der Waals surface area contributed by atoms with Crippen molar-refractivity contribution in [2.45, 2.75) is 144 Å². The van der Waals surface area contributed by atoms with Gasteiger partial charge in [-0.2, -0.15) is 10.5 Å². The van der Waals surface area contributed by atoms with E-state index in [1.165, 1.54) is 57.7 Å². The molecule has 4 fully saturated rings. The van der Waals surface area contributed by atoms with Crippen molar-refractivity contribution in [2.24, 2.45) is 11.7 Å². The van der Waals surface area contributed by atoms with Crippen LogP contribution in [0.3, 0.4) is 0 Å². The number of carbonyl (C=O) groups is 7. The molecular weight excluding hydrogens is 1580 g/mol. The first-order valence-electron chi connectivity index (χ1n) is 38.6. The van der Waals surface area contributed by atoms with Gasteiger partial charge >= 0.3 is 41.4 Å². The second kappa shape index (κ2) is 32.1. The van der Waals surface area contributed by atoms with Crippen LogP contribution >= 0.6 is 23.5 Å². The molecule has 4 saturated heterocycles. The molecule has 19 rings (SSSR count). The van der Waals surface area contributed by atoms with Crippen molar-refractivity contribution in [2.75, 3.05) is 65.6 Å². The lowest BCUT2D eigenvalue weighted by Crippen LogP contribution is -2.70. The summed E-state index contributed by atoms with van der Waals surface area (Å²) >= 11 is 2.72. The number of nitriles is 2. The second-order valence-electron chi connectivity index (χ2n) is 30.6. The van der Waals surface area contributed by atoms with E-state index in [4.69, 9.17) is 67.4 Å². The maximum Gasteiger partial charge on any atom is 0.349 e. The van der Waals surface area contributed by atoms with Gasteiger partial charge in [0.25, 0.3) is 5.91 Å². The average Bonchev–Trinajstić information content (AvgIpc) is 1.57. The Morgan fingerprint density at radius 1 is 0.613 bits per heavy atom. The molecule has 119 heavy (non-hydrogen) atoms. The van der Waals surface area contributed by atoms with Gasteiger partial charge in [-0.3, -0.25) is 48.4 Å². The fraction of sp³-hybridized carbons (Fsp3) is 0.395. The molecule has 6 unspecified atom stereocenters. The number of rotatable bonds is 11. The molecule has 0 saturated carbocycles. The number of aliphatic carboxylic acids is 1. The Morgan fingerprint density at radius 2 is 1.10 bits per heavy atom. The fourth-order valence-electron chi connectivity index (χ4n) is 19.4. The zero-order valence-corrected chi connectivity index (χ0v) is 67.6. The minimum absolute atomic E-state index is 0.0265. The summed E-state index contributed by atoms with van der Waals surface area (Å²) < 4.78 is 69.9. The lowest BCUT2D eigenvalue weighted by Gasteiger charge is -2.62. The number of piperazine rings is 2. The summed E-state index contributed by atoms with van der Waals surface area (Å²) in [6, 6.07) is 16.3. The molecule has 12 aliphatic heterocycles. The Bertz CT molecular complexity index is 5630. The Morgan fingerprint density at radius 3 is 1.60 bits per heavy atom. The van der Waals surface area contributed by atoms with Gasteiger partial charge in [-0.25, -0.2) is 9.59 Å². The Hall–Kier alpha value is -11.8. The number of aromatic hydroxyl groups is 2. The third kappa shape index (κ3) is 13.5. The summed E-state index contributed by atoms with van der Waals surface area (Å²) in [7, 11) is 3.03. The number of thioether (sulfide) groups is 2. The van der Waals surface area contributed by atoms with Crippen LogP contribution in [0.2, 0.25) is 0 Å². The van der Waals surface area contributed by atoms with Crippen LogP contribution in [0.4, 0.5) is 0 Å². The number of fused-ring (bicyclic) bond motifs is 21. The van der Waals surface area contributed by atoms with E-state index in [1.54, 1.807) is 67.6 Å². The van der Waals surface area contributed by atoms with Gasteiger partial charge in [0, 0.05) is 119 Å². The van der Waals surface area contributed by atoms with E-state index < -0.39 is 130 Å². The van der Waals surface area contributed by atoms with Crippen molar-refractivity contribution >= 4 is 76.2 Å². The number of cyclic esters (lactones) is 1. The molecule has 6 N–H and O–H groups in total. The molecular formula is C86H84N8O23S2. The Labute approximate surface area is 690 Å². The smallest absolute Gasteiger partial charge is 0.349 e. The largest absolute Gasteiger partial charge is 0.504 e. The number of esters is 5. The number of amides is 1. The number of para-hydroxylation sites is 2. The molecule has 1 amide bonds. The summed E-state index contributed by atoms with van der Waals surface area (Å²) in [6.07, 6.45) is 4.69. The van der Waals surface area contributed by atoms with Gasteiger partial charge in [0.05, 0.1) is 61.0 Å². The standard InChI is InChI=1S/C43H40N4O11S.C33H36N4O8S.C10H8O4/c1-6-11-46-26-14-23-12-19(2)36(53-5)35(49)30(23)33(46)34-40-32-31(39-38(55-18-56-39)20(3)37(32)57-21(4)48)28(47(34)27(26)15-44)16-54-43(52)25(17-59-40)45-41(50)24-13-22-9-7-8-10-29(22)58-42(24)51;1-6-7-36-19-9-17-8-14(2)28(41-5)27(39)22(17)25(36)26-32-24-23(31-30(43-13-44-31)15(3)29(24)45-16(4)38)21(37(26)20(19)10-34)11-42-33(40)18(35)12-46-32;11-9(12)7-5-6-3-1-2-4-8(6)14-10(7)13/h6-10,12-13,25-28,33-34,40,49H,1,11,14,16-18H2,2-5H3,(H,45,50);6,8,18-21,25-26,32,39H,1,7,9,11-13,35H2,2-5H3;1-4,7H,5H2,(H,11,12)/t25-,26-,27-,28-,33+,34?,40+;18?,19?,20-,21-,25?,26?,32+;/m00./s1. The van der Waals surface area contributed by atoms with Crippen molar-refractivity contribution in [3.05, 3.63) is 180 Å². The van der Waals surface area contributed by atoms with Gasteiger partial charge in [0.2, 0.25) is 13.6 Å². The molecule has 1 aromatic heterocycles. The quantitative estimate of drug-likeness (QED) is 0.0266. The number of aryl methyl sites for hydroxylation is 2. The van der Waals surface area contributed by atoms with E-state index in [0.717, 1.165) is 27.8 Å². The van der Waals surface area contributed by atoms with Gasteiger partial charge in [0.1, 0.15) is 65.8 Å². The molecule has 8 bridgehead atoms. The molecule has 0 aliphatic carbocycles. The van der Waals surface area contributed by atoms with E-state index >= 15 is 0 Å². The van der Waals surface area contributed by atoms with Gasteiger partial charge in [0.15, 0.2) is 51.9 Å². The number of ether oxygens (including phenoxy) is 11. The lowest BCUT2D eigenvalue weighted by molar-refractivity contribution is -0.154. The van der Waals surface area contributed by atoms with Crippen molar-refractivity contribution in [1.29, 1.82) is 10.5 Å². The van der Waals surface area contributed by atoms with Gasteiger partial charge < -0.3 is 82.9 Å². The van der Waals surface area contributed by atoms with Crippen molar-refractivity contribution in [3.8, 4) is 75.4 Å². The number of hydrogen-bond acceptors (Lipinski definition) is 31. The number of nitrogens with zero attached hydrogens (tertiary/aromatic N) is 6. The average molecular weight is 1660 g/mol. The molecule has 12 aliphatic rings. The van der Waals surface area contributed by atoms with Crippen LogP contribution in [0.1, 0.15) is 131 Å². The van der Waals surface area contributed by atoms with E-state index in [1.807, 2.05) is 32.9 Å². The van der Waals surface area contributed by atoms with E-state index in [9.17, 15) is 59.1 Å². The zero-order chi connectivity index (χ0) is 84.2. The number of carbonyl (C=O) groups excluding carboxylic acids is 6. The molecule has 6 aromatic carbocycles. The highest BCUT2D eigenvalue weighted by Gasteiger charge is 2.64. The van der Waals surface area contributed by atoms with Gasteiger partial charge in [-0.05, 0) is 86.6 Å². The minimum atomic E-state index is -1.26.